The average molecular weight is 533 g/mol. The Morgan fingerprint density at radius 2 is 0.242 bits per heavy atom. The van der Waals surface area contributed by atoms with Crippen LogP contribution in [0.1, 0.15) is 0 Å². The standard InChI is InChI=1S/7BH3O3.BH2O3.K/c8*2-1(3)4;/h7*2-4H;2-3H;/q;;;;;;;-1;+1. The smallest absolute Gasteiger partial charge is 0.832 e. The maximum absolute atomic E-state index is 8.64. The van der Waals surface area contributed by atoms with Crippen LogP contribution in [0.5, 0.6) is 0 Å². The molecular weight excluding hydrogens is 510 g/mol. The number of rotatable bonds is 0. The Labute approximate surface area is 229 Å². The third kappa shape index (κ3) is 22600. The maximum atomic E-state index is 8.64. The van der Waals surface area contributed by atoms with Crippen LogP contribution >= 0.6 is 0 Å². The monoisotopic (exact) mass is 534 g/mol. The molecule has 0 atom stereocenters. The molecule has 0 radical (unpaired) electrons. The molecule has 0 aromatic heterocycles. The normalized spacial score (nSPS) is 6.55. The van der Waals surface area contributed by atoms with Crippen molar-refractivity contribution in [2.75, 3.05) is 0 Å². The van der Waals surface area contributed by atoms with E-state index in [1.807, 2.05) is 0 Å². The second kappa shape index (κ2) is 54.2. The van der Waals surface area contributed by atoms with Gasteiger partial charge in [0.1, 0.15) is 0 Å². The van der Waals surface area contributed by atoms with Crippen molar-refractivity contribution in [1.82, 2.24) is 0 Å². The molecule has 0 aliphatic heterocycles. The molecule has 0 saturated carbocycles. The Morgan fingerprint density at radius 3 is 0.242 bits per heavy atom. The van der Waals surface area contributed by atoms with E-state index in [-0.39, 0.29) is 51.4 Å². The summed E-state index contributed by atoms with van der Waals surface area (Å²) in [5.41, 5.74) is 0. The van der Waals surface area contributed by atoms with Crippen LogP contribution in [0.2, 0.25) is 0 Å². The molecule has 0 unspecified atom stereocenters. The van der Waals surface area contributed by atoms with E-state index in [2.05, 4.69) is 0 Å². The molecule has 0 aromatic rings. The molecule has 0 amide bonds. The quantitative estimate of drug-likeness (QED) is 0.129. The molecule has 192 valence electrons. The second-order valence-corrected chi connectivity index (χ2v) is 2.75. The van der Waals surface area contributed by atoms with Crippen LogP contribution in [0.25, 0.3) is 0 Å². The van der Waals surface area contributed by atoms with Crippen LogP contribution in [0.15, 0.2) is 0 Å². The summed E-state index contributed by atoms with van der Waals surface area (Å²) >= 11 is 0. The van der Waals surface area contributed by atoms with E-state index >= 15 is 0 Å². The van der Waals surface area contributed by atoms with Crippen LogP contribution in [0.3, 0.4) is 0 Å². The van der Waals surface area contributed by atoms with Gasteiger partial charge in [0.2, 0.25) is 0 Å². The predicted octanol–water partition coefficient (Wildman–Crippen LogP) is -20.0. The van der Waals surface area contributed by atoms with Crippen molar-refractivity contribution in [1.29, 1.82) is 0 Å². The van der Waals surface area contributed by atoms with Gasteiger partial charge in [-0.05, 0) is 0 Å². The van der Waals surface area contributed by atoms with Gasteiger partial charge < -0.3 is 121 Å². The van der Waals surface area contributed by atoms with Gasteiger partial charge in [-0.3, -0.25) is 0 Å². The minimum atomic E-state index is -2.42. The Kier molecular flexibility index (Phi) is 97.5. The molecule has 0 aromatic carbocycles. The van der Waals surface area contributed by atoms with E-state index in [0.29, 0.717) is 0 Å². The van der Waals surface area contributed by atoms with Crippen LogP contribution in [0.4, 0.5) is 0 Å². The zero-order valence-corrected chi connectivity index (χ0v) is 19.4. The summed E-state index contributed by atoms with van der Waals surface area (Å²) in [5.74, 6) is 0. The summed E-state index contributed by atoms with van der Waals surface area (Å²) < 4.78 is 0. The molecule has 0 aliphatic carbocycles. The first kappa shape index (κ1) is 59.4. The van der Waals surface area contributed by atoms with Crippen LogP contribution in [-0.4, -0.2) is 174 Å². The Bertz CT molecular complexity index is 142. The van der Waals surface area contributed by atoms with Gasteiger partial charge in [-0.2, -0.15) is 0 Å². The van der Waals surface area contributed by atoms with Gasteiger partial charge in [-0.25, -0.2) is 0 Å². The second-order valence-electron chi connectivity index (χ2n) is 2.75. The van der Waals surface area contributed by atoms with Gasteiger partial charge in [-0.15, -0.1) is 0 Å². The molecule has 33 heteroatoms. The van der Waals surface area contributed by atoms with E-state index in [1.165, 1.54) is 0 Å². The van der Waals surface area contributed by atoms with Crippen molar-refractivity contribution in [3.05, 3.63) is 0 Å². The van der Waals surface area contributed by atoms with Gasteiger partial charge in [0.25, 0.3) is 0 Å². The Balaban J connectivity index is -0.0000000284. The largest absolute Gasteiger partial charge is 1.00 e. The third-order valence-electron chi connectivity index (χ3n) is 0. The van der Waals surface area contributed by atoms with Gasteiger partial charge in [0, 0.05) is 0 Å². The van der Waals surface area contributed by atoms with Crippen molar-refractivity contribution in [2.45, 2.75) is 0 Å². The van der Waals surface area contributed by atoms with Crippen molar-refractivity contribution >= 4 is 58.6 Å². The summed E-state index contributed by atoms with van der Waals surface area (Å²) in [7, 11) is -17.6. The fraction of sp³-hybridized carbons (Fsp3) is 0. The van der Waals surface area contributed by atoms with Crippen LogP contribution < -0.4 is 56.4 Å². The van der Waals surface area contributed by atoms with E-state index < -0.39 is 58.6 Å². The summed E-state index contributed by atoms with van der Waals surface area (Å²) in [5, 5.41) is 173. The van der Waals surface area contributed by atoms with Crippen LogP contribution in [-0.2, 0) is 0 Å². The molecule has 23 N–H and O–H groups in total. The predicted molar refractivity (Wildman–Crippen MR) is 97.1 cm³/mol. The summed E-state index contributed by atoms with van der Waals surface area (Å²) in [6, 6.07) is 0. The van der Waals surface area contributed by atoms with E-state index in [0.717, 1.165) is 0 Å². The molecule has 0 fully saturated rings. The minimum absolute atomic E-state index is 0. The van der Waals surface area contributed by atoms with Crippen molar-refractivity contribution in [3.63, 3.8) is 0 Å². The van der Waals surface area contributed by atoms with Crippen LogP contribution in [0, 0.1) is 0 Å². The Hall–Kier alpha value is 1.20. The fourth-order valence-corrected chi connectivity index (χ4v) is 0. The molecule has 33 heavy (non-hydrogen) atoms. The molecule has 0 bridgehead atoms. The van der Waals surface area contributed by atoms with Crippen molar-refractivity contribution in [3.8, 4) is 0 Å². The van der Waals surface area contributed by atoms with E-state index in [4.69, 9.17) is 121 Å². The maximum Gasteiger partial charge on any atom is 1.00 e. The molecule has 24 nitrogen and oxygen atoms in total. The molecular formula is H23B8KO24. The van der Waals surface area contributed by atoms with Gasteiger partial charge in [-0.1, -0.05) is 0 Å². The first-order chi connectivity index (χ1) is 13.9. The molecule has 0 saturated heterocycles. The topological polar surface area (TPSA) is 488 Å². The molecule has 0 spiro atoms. The number of hydrogen-bond acceptors (Lipinski definition) is 24. The van der Waals surface area contributed by atoms with Crippen molar-refractivity contribution in [2.24, 2.45) is 0 Å². The van der Waals surface area contributed by atoms with Gasteiger partial charge >= 0.3 is 110 Å². The van der Waals surface area contributed by atoms with Gasteiger partial charge in [0.15, 0.2) is 0 Å². The summed E-state index contributed by atoms with van der Waals surface area (Å²) in [4.78, 5) is 0. The van der Waals surface area contributed by atoms with Gasteiger partial charge in [0.05, 0.1) is 0 Å². The number of hydrogen-bond donors (Lipinski definition) is 23. The SMILES string of the molecule is OB(O)O.OB(O)O.OB(O)O.OB(O)O.OB(O)O.OB(O)O.OB(O)O.[K+].[O-]B(O)O. The molecule has 0 aliphatic rings. The first-order valence-electron chi connectivity index (χ1n) is 6.17. The van der Waals surface area contributed by atoms with Crippen molar-refractivity contribution < 1.29 is 172 Å². The average Bonchev–Trinajstić information content (AvgIpc) is 2.30. The Morgan fingerprint density at radius 1 is 0.242 bits per heavy atom. The van der Waals surface area contributed by atoms with E-state index in [1.54, 1.807) is 0 Å². The summed E-state index contributed by atoms with van der Waals surface area (Å²) in [6.07, 6.45) is 0. The zero-order chi connectivity index (χ0) is 28.6. The zero-order valence-electron chi connectivity index (χ0n) is 16.3. The molecule has 0 rings (SSSR count). The molecule has 0 heterocycles. The summed E-state index contributed by atoms with van der Waals surface area (Å²) in [6.45, 7) is 0. The minimum Gasteiger partial charge on any atom is -0.832 e. The van der Waals surface area contributed by atoms with E-state index in [9.17, 15) is 0 Å². The third-order valence-corrected chi connectivity index (χ3v) is 0. The first-order valence-corrected chi connectivity index (χ1v) is 6.17. The fourth-order valence-electron chi connectivity index (χ4n) is 0.